The summed E-state index contributed by atoms with van der Waals surface area (Å²) in [5.41, 5.74) is 6.15. The van der Waals surface area contributed by atoms with Crippen LogP contribution in [0.3, 0.4) is 0 Å². The van der Waals surface area contributed by atoms with Crippen LogP contribution in [-0.4, -0.2) is 23.5 Å². The van der Waals surface area contributed by atoms with Crippen molar-refractivity contribution in [1.82, 2.24) is 0 Å². The number of rotatable bonds is 5. The third kappa shape index (κ3) is 4.12. The number of carbonyl (C=O) groups is 2. The Morgan fingerprint density at radius 2 is 2.17 bits per heavy atom. The third-order valence-electron chi connectivity index (χ3n) is 2.43. The van der Waals surface area contributed by atoms with Crippen molar-refractivity contribution < 1.29 is 14.7 Å². The summed E-state index contributed by atoms with van der Waals surface area (Å²) in [7, 11) is 0. The molecule has 6 heteroatoms. The Hall–Kier alpha value is -1.40. The van der Waals surface area contributed by atoms with Crippen LogP contribution in [0.2, 0.25) is 0 Å². The minimum absolute atomic E-state index is 0.113. The van der Waals surface area contributed by atoms with Crippen LogP contribution in [0, 0.1) is 5.92 Å². The molecule has 1 aromatic rings. The predicted octanol–water partition coefficient (Wildman–Crippen LogP) is 2.07. The van der Waals surface area contributed by atoms with E-state index in [2.05, 4.69) is 21.2 Å². The maximum atomic E-state index is 11.6. The molecule has 98 valence electrons. The van der Waals surface area contributed by atoms with Crippen molar-refractivity contribution in [2.24, 2.45) is 11.7 Å². The first-order valence-electron chi connectivity index (χ1n) is 5.46. The second-order valence-electron chi connectivity index (χ2n) is 4.09. The Balaban J connectivity index is 2.74. The van der Waals surface area contributed by atoms with E-state index in [1.54, 1.807) is 6.07 Å². The normalized spacial score (nSPS) is 11.9. The number of halogens is 1. The van der Waals surface area contributed by atoms with Crippen molar-refractivity contribution in [2.45, 2.75) is 13.3 Å². The molecule has 1 unspecified atom stereocenters. The molecule has 0 radical (unpaired) electrons. The molecular weight excluding hydrogens is 300 g/mol. The Bertz CT molecular complexity index is 463. The van der Waals surface area contributed by atoms with Crippen LogP contribution in [-0.2, 0) is 4.79 Å². The van der Waals surface area contributed by atoms with Gasteiger partial charge in [0.2, 0.25) is 5.91 Å². The van der Waals surface area contributed by atoms with Crippen molar-refractivity contribution in [3.05, 3.63) is 28.2 Å². The van der Waals surface area contributed by atoms with Crippen LogP contribution in [0.4, 0.5) is 5.69 Å². The molecule has 1 amide bonds. The summed E-state index contributed by atoms with van der Waals surface area (Å²) in [6.45, 7) is 2.34. The summed E-state index contributed by atoms with van der Waals surface area (Å²) in [5, 5.41) is 11.5. The SMILES string of the molecule is CC(CN)CC(=O)Nc1ccc(C(=O)O)cc1Br. The molecular formula is C12H15BrN2O3. The fourth-order valence-electron chi connectivity index (χ4n) is 1.35. The number of aromatic carboxylic acids is 1. The van der Waals surface area contributed by atoms with Crippen molar-refractivity contribution in [3.63, 3.8) is 0 Å². The first-order valence-corrected chi connectivity index (χ1v) is 6.26. The monoisotopic (exact) mass is 314 g/mol. The molecule has 5 nitrogen and oxygen atoms in total. The van der Waals surface area contributed by atoms with Crippen LogP contribution in [0.5, 0.6) is 0 Å². The number of nitrogens with two attached hydrogens (primary N) is 1. The van der Waals surface area contributed by atoms with Gasteiger partial charge in [-0.1, -0.05) is 6.92 Å². The molecule has 18 heavy (non-hydrogen) atoms. The highest BCUT2D eigenvalue weighted by molar-refractivity contribution is 9.10. The number of carboxylic acid groups (broad SMARTS) is 1. The van der Waals surface area contributed by atoms with Crippen molar-refractivity contribution in [2.75, 3.05) is 11.9 Å². The van der Waals surface area contributed by atoms with E-state index in [0.717, 1.165) is 0 Å². The zero-order valence-electron chi connectivity index (χ0n) is 9.94. The van der Waals surface area contributed by atoms with Crippen LogP contribution >= 0.6 is 15.9 Å². The number of carbonyl (C=O) groups excluding carboxylic acids is 1. The second kappa shape index (κ2) is 6.51. The van der Waals surface area contributed by atoms with Gasteiger partial charge in [-0.25, -0.2) is 4.79 Å². The predicted molar refractivity (Wildman–Crippen MR) is 72.6 cm³/mol. The number of hydrogen-bond acceptors (Lipinski definition) is 3. The summed E-state index contributed by atoms with van der Waals surface area (Å²) >= 11 is 3.22. The number of nitrogens with one attached hydrogen (secondary N) is 1. The largest absolute Gasteiger partial charge is 0.478 e. The molecule has 4 N–H and O–H groups in total. The Morgan fingerprint density at radius 3 is 2.67 bits per heavy atom. The molecule has 0 heterocycles. The van der Waals surface area contributed by atoms with E-state index < -0.39 is 5.97 Å². The first kappa shape index (κ1) is 14.7. The van der Waals surface area contributed by atoms with Gasteiger partial charge in [-0.15, -0.1) is 0 Å². The summed E-state index contributed by atoms with van der Waals surface area (Å²) in [6.07, 6.45) is 0.337. The molecule has 0 aliphatic rings. The molecule has 1 atom stereocenters. The van der Waals surface area contributed by atoms with E-state index in [1.165, 1.54) is 12.1 Å². The van der Waals surface area contributed by atoms with Gasteiger partial charge >= 0.3 is 5.97 Å². The second-order valence-corrected chi connectivity index (χ2v) is 4.95. The molecule has 0 spiro atoms. The van der Waals surface area contributed by atoms with Gasteiger partial charge in [0, 0.05) is 10.9 Å². The fraction of sp³-hybridized carbons (Fsp3) is 0.333. The Kier molecular flexibility index (Phi) is 5.30. The lowest BCUT2D eigenvalue weighted by Gasteiger charge is -2.10. The topological polar surface area (TPSA) is 92.4 Å². The number of anilines is 1. The molecule has 0 aromatic heterocycles. The van der Waals surface area contributed by atoms with Crippen LogP contribution in [0.1, 0.15) is 23.7 Å². The molecule has 0 saturated carbocycles. The maximum Gasteiger partial charge on any atom is 0.335 e. The first-order chi connectivity index (χ1) is 8.43. The summed E-state index contributed by atoms with van der Waals surface area (Å²) < 4.78 is 0.538. The minimum Gasteiger partial charge on any atom is -0.478 e. The smallest absolute Gasteiger partial charge is 0.335 e. The highest BCUT2D eigenvalue weighted by atomic mass is 79.9. The summed E-state index contributed by atoms with van der Waals surface area (Å²) in [6, 6.07) is 4.44. The van der Waals surface area contributed by atoms with Crippen molar-refractivity contribution in [3.8, 4) is 0 Å². The molecule has 1 rings (SSSR count). The average Bonchev–Trinajstić information content (AvgIpc) is 2.31. The van der Waals surface area contributed by atoms with Gasteiger partial charge in [-0.3, -0.25) is 4.79 Å². The van der Waals surface area contributed by atoms with E-state index in [-0.39, 0.29) is 17.4 Å². The van der Waals surface area contributed by atoms with Crippen molar-refractivity contribution in [1.29, 1.82) is 0 Å². The van der Waals surface area contributed by atoms with E-state index >= 15 is 0 Å². The zero-order valence-corrected chi connectivity index (χ0v) is 11.5. The molecule has 0 bridgehead atoms. The van der Waals surface area contributed by atoms with Crippen LogP contribution in [0.15, 0.2) is 22.7 Å². The number of benzene rings is 1. The zero-order chi connectivity index (χ0) is 13.7. The van der Waals surface area contributed by atoms with E-state index in [4.69, 9.17) is 10.8 Å². The van der Waals surface area contributed by atoms with Crippen LogP contribution in [0.25, 0.3) is 0 Å². The lowest BCUT2D eigenvalue weighted by molar-refractivity contribution is -0.116. The molecule has 0 aliphatic heterocycles. The molecule has 0 fully saturated rings. The lowest BCUT2D eigenvalue weighted by Crippen LogP contribution is -2.20. The van der Waals surface area contributed by atoms with Gasteiger partial charge in [0.05, 0.1) is 11.3 Å². The maximum absolute atomic E-state index is 11.6. The van der Waals surface area contributed by atoms with Crippen LogP contribution < -0.4 is 11.1 Å². The van der Waals surface area contributed by atoms with Crippen molar-refractivity contribution >= 4 is 33.5 Å². The number of carboxylic acids is 1. The molecule has 1 aromatic carbocycles. The minimum atomic E-state index is -1.01. The highest BCUT2D eigenvalue weighted by Crippen LogP contribution is 2.24. The van der Waals surface area contributed by atoms with E-state index in [0.29, 0.717) is 23.1 Å². The fourth-order valence-corrected chi connectivity index (χ4v) is 1.83. The van der Waals surface area contributed by atoms with Gasteiger partial charge in [-0.2, -0.15) is 0 Å². The lowest BCUT2D eigenvalue weighted by atomic mass is 10.1. The molecule has 0 aliphatic carbocycles. The van der Waals surface area contributed by atoms with Gasteiger partial charge in [-0.05, 0) is 46.6 Å². The third-order valence-corrected chi connectivity index (χ3v) is 3.08. The number of amides is 1. The van der Waals surface area contributed by atoms with Gasteiger partial charge in [0.1, 0.15) is 0 Å². The van der Waals surface area contributed by atoms with E-state index in [1.807, 2.05) is 6.92 Å². The van der Waals surface area contributed by atoms with Gasteiger partial charge in [0.25, 0.3) is 0 Å². The molecule has 0 saturated heterocycles. The Labute approximate surface area is 113 Å². The summed E-state index contributed by atoms with van der Waals surface area (Å²) in [5.74, 6) is -1.04. The van der Waals surface area contributed by atoms with E-state index in [9.17, 15) is 9.59 Å². The standard InChI is InChI=1S/C12H15BrN2O3/c1-7(6-14)4-11(16)15-10-3-2-8(12(17)18)5-9(10)13/h2-3,5,7H,4,6,14H2,1H3,(H,15,16)(H,17,18). The van der Waals surface area contributed by atoms with Gasteiger partial charge < -0.3 is 16.2 Å². The Morgan fingerprint density at radius 1 is 1.50 bits per heavy atom. The number of hydrogen-bond donors (Lipinski definition) is 3. The summed E-state index contributed by atoms with van der Waals surface area (Å²) in [4.78, 5) is 22.4. The average molecular weight is 315 g/mol. The highest BCUT2D eigenvalue weighted by Gasteiger charge is 2.11. The van der Waals surface area contributed by atoms with Gasteiger partial charge in [0.15, 0.2) is 0 Å². The quantitative estimate of drug-likeness (QED) is 0.775.